The van der Waals surface area contributed by atoms with Crippen LogP contribution in [0.15, 0.2) is 59.7 Å². The molecule has 5 rings (SSSR count). The van der Waals surface area contributed by atoms with E-state index in [1.165, 1.54) is 0 Å². The van der Waals surface area contributed by atoms with Crippen LogP contribution in [0.25, 0.3) is 22.0 Å². The minimum Gasteiger partial charge on any atom is -0.366 e. The monoisotopic (exact) mass is 576 g/mol. The number of anilines is 1. The highest BCUT2D eigenvalue weighted by Gasteiger charge is 2.29. The SMILES string of the molecule is CC(c1ccccc1Cl)n1c2cc(-c3cnc(N4CCN(C(=O)COC(C)(C)C)[C@H](C)C4)nc3)ccc2c(=O)n1C. The number of aromatic nitrogens is 4. The zero-order valence-electron chi connectivity index (χ0n) is 24.5. The summed E-state index contributed by atoms with van der Waals surface area (Å²) in [6, 6.07) is 13.4. The summed E-state index contributed by atoms with van der Waals surface area (Å²) in [5, 5.41) is 1.30. The smallest absolute Gasteiger partial charge is 0.274 e. The highest BCUT2D eigenvalue weighted by molar-refractivity contribution is 6.31. The molecule has 41 heavy (non-hydrogen) atoms. The Morgan fingerprint density at radius 3 is 2.46 bits per heavy atom. The Bertz CT molecular complexity index is 1620. The van der Waals surface area contributed by atoms with Crippen LogP contribution in [0.2, 0.25) is 5.02 Å². The highest BCUT2D eigenvalue weighted by Crippen LogP contribution is 2.30. The lowest BCUT2D eigenvalue weighted by atomic mass is 10.1. The van der Waals surface area contributed by atoms with E-state index in [9.17, 15) is 9.59 Å². The summed E-state index contributed by atoms with van der Waals surface area (Å²) in [4.78, 5) is 39.1. The molecule has 0 bridgehead atoms. The number of nitrogens with zero attached hydrogens (tertiary/aromatic N) is 6. The Kier molecular flexibility index (Phi) is 7.94. The van der Waals surface area contributed by atoms with E-state index >= 15 is 0 Å². The Labute approximate surface area is 245 Å². The van der Waals surface area contributed by atoms with Crippen molar-refractivity contribution in [2.45, 2.75) is 52.3 Å². The molecule has 1 amide bonds. The summed E-state index contributed by atoms with van der Waals surface area (Å²) in [6.07, 6.45) is 3.62. The van der Waals surface area contributed by atoms with Crippen LogP contribution in [0.3, 0.4) is 0 Å². The molecule has 0 aliphatic carbocycles. The van der Waals surface area contributed by atoms with Gasteiger partial charge in [-0.15, -0.1) is 0 Å². The van der Waals surface area contributed by atoms with Gasteiger partial charge in [-0.05, 0) is 63.9 Å². The van der Waals surface area contributed by atoms with Crippen LogP contribution in [0.4, 0.5) is 5.95 Å². The summed E-state index contributed by atoms with van der Waals surface area (Å²) >= 11 is 6.50. The quantitative estimate of drug-likeness (QED) is 0.324. The average Bonchev–Trinajstić information content (AvgIpc) is 3.20. The van der Waals surface area contributed by atoms with Gasteiger partial charge in [-0.25, -0.2) is 9.97 Å². The van der Waals surface area contributed by atoms with Crippen molar-refractivity contribution in [3.8, 4) is 11.1 Å². The molecule has 1 saturated heterocycles. The van der Waals surface area contributed by atoms with Gasteiger partial charge in [0.15, 0.2) is 0 Å². The zero-order valence-corrected chi connectivity index (χ0v) is 25.2. The molecule has 2 atom stereocenters. The van der Waals surface area contributed by atoms with Crippen molar-refractivity contribution >= 4 is 34.4 Å². The van der Waals surface area contributed by atoms with E-state index in [-0.39, 0.29) is 35.8 Å². The maximum absolute atomic E-state index is 13.1. The number of benzene rings is 2. The lowest BCUT2D eigenvalue weighted by Crippen LogP contribution is -2.55. The first-order valence-corrected chi connectivity index (χ1v) is 14.3. The van der Waals surface area contributed by atoms with Crippen LogP contribution in [0.5, 0.6) is 0 Å². The van der Waals surface area contributed by atoms with Crippen LogP contribution in [-0.4, -0.2) is 68.0 Å². The number of amides is 1. The maximum atomic E-state index is 13.1. The van der Waals surface area contributed by atoms with E-state index in [2.05, 4.69) is 14.9 Å². The van der Waals surface area contributed by atoms with E-state index in [4.69, 9.17) is 16.3 Å². The van der Waals surface area contributed by atoms with E-state index < -0.39 is 0 Å². The van der Waals surface area contributed by atoms with E-state index in [1.807, 2.05) is 99.1 Å². The number of rotatable bonds is 6. The number of carbonyl (C=O) groups excluding carboxylic acids is 1. The van der Waals surface area contributed by atoms with Gasteiger partial charge in [0.05, 0.1) is 22.5 Å². The van der Waals surface area contributed by atoms with Crippen molar-refractivity contribution in [1.29, 1.82) is 0 Å². The summed E-state index contributed by atoms with van der Waals surface area (Å²) in [7, 11) is 1.78. The third-order valence-corrected chi connectivity index (χ3v) is 7.99. The molecule has 1 unspecified atom stereocenters. The minimum absolute atomic E-state index is 0.00183. The summed E-state index contributed by atoms with van der Waals surface area (Å²) in [5.74, 6) is 0.630. The van der Waals surface area contributed by atoms with Crippen molar-refractivity contribution in [2.75, 3.05) is 31.1 Å². The highest BCUT2D eigenvalue weighted by atomic mass is 35.5. The van der Waals surface area contributed by atoms with Crippen LogP contribution in [0, 0.1) is 0 Å². The Morgan fingerprint density at radius 2 is 1.80 bits per heavy atom. The van der Waals surface area contributed by atoms with Gasteiger partial charge in [-0.2, -0.15) is 0 Å². The van der Waals surface area contributed by atoms with Crippen molar-refractivity contribution < 1.29 is 9.53 Å². The summed E-state index contributed by atoms with van der Waals surface area (Å²) in [5.41, 5.74) is 3.11. The molecule has 0 N–H and O–H groups in total. The van der Waals surface area contributed by atoms with Crippen LogP contribution in [-0.2, 0) is 16.6 Å². The standard InChI is InChI=1S/C31H37ClN6O3/c1-20-18-36(13-14-37(20)28(39)19-41-31(3,4)5)30-33-16-23(17-34-30)22-11-12-25-27(15-22)38(35(6)29(25)40)21(2)24-9-7-8-10-26(24)32/h7-12,15-17,20-21H,13-14,18-19H2,1-6H3/t20-,21?/m1/s1. The van der Waals surface area contributed by atoms with Crippen LogP contribution < -0.4 is 10.5 Å². The molecule has 9 nitrogen and oxygen atoms in total. The topological polar surface area (TPSA) is 85.5 Å². The molecule has 0 saturated carbocycles. The number of halogens is 1. The van der Waals surface area contributed by atoms with Gasteiger partial charge in [0, 0.05) is 55.7 Å². The van der Waals surface area contributed by atoms with Crippen molar-refractivity contribution in [2.24, 2.45) is 7.05 Å². The summed E-state index contributed by atoms with van der Waals surface area (Å²) < 4.78 is 9.31. The number of piperazine rings is 1. The van der Waals surface area contributed by atoms with Gasteiger partial charge in [0.25, 0.3) is 5.56 Å². The van der Waals surface area contributed by atoms with E-state index in [0.29, 0.717) is 36.0 Å². The van der Waals surface area contributed by atoms with Crippen LogP contribution in [0.1, 0.15) is 46.2 Å². The number of fused-ring (bicyclic) bond motifs is 1. The molecular formula is C31H37ClN6O3. The number of ether oxygens (including phenoxy) is 1. The summed E-state index contributed by atoms with van der Waals surface area (Å²) in [6.45, 7) is 11.9. The first kappa shape index (κ1) is 28.8. The Balaban J connectivity index is 1.35. The Hall–Kier alpha value is -3.69. The van der Waals surface area contributed by atoms with E-state index in [0.717, 1.165) is 22.2 Å². The van der Waals surface area contributed by atoms with Gasteiger partial charge < -0.3 is 14.5 Å². The second-order valence-corrected chi connectivity index (χ2v) is 12.1. The largest absolute Gasteiger partial charge is 0.366 e. The molecule has 1 aliphatic rings. The molecule has 0 spiro atoms. The van der Waals surface area contributed by atoms with Gasteiger partial charge in [0.2, 0.25) is 11.9 Å². The zero-order chi connectivity index (χ0) is 29.5. The lowest BCUT2D eigenvalue weighted by molar-refractivity contribution is -0.143. The van der Waals surface area contributed by atoms with Crippen molar-refractivity contribution in [1.82, 2.24) is 24.2 Å². The molecule has 216 valence electrons. The predicted molar refractivity (Wildman–Crippen MR) is 163 cm³/mol. The van der Waals surface area contributed by atoms with Crippen molar-refractivity contribution in [3.05, 3.63) is 75.8 Å². The number of hydrogen-bond acceptors (Lipinski definition) is 6. The predicted octanol–water partition coefficient (Wildman–Crippen LogP) is 4.91. The molecule has 4 aromatic rings. The first-order chi connectivity index (χ1) is 19.4. The van der Waals surface area contributed by atoms with E-state index in [1.54, 1.807) is 11.7 Å². The molecule has 0 radical (unpaired) electrons. The average molecular weight is 577 g/mol. The Morgan fingerprint density at radius 1 is 1.10 bits per heavy atom. The van der Waals surface area contributed by atoms with Crippen LogP contribution >= 0.6 is 11.6 Å². The minimum atomic E-state index is -0.354. The third kappa shape index (κ3) is 5.87. The molecule has 3 heterocycles. The fourth-order valence-corrected chi connectivity index (χ4v) is 5.73. The fourth-order valence-electron chi connectivity index (χ4n) is 5.43. The molecule has 2 aromatic carbocycles. The molecule has 10 heteroatoms. The molecule has 1 aliphatic heterocycles. The van der Waals surface area contributed by atoms with Gasteiger partial charge in [0.1, 0.15) is 6.61 Å². The first-order valence-electron chi connectivity index (χ1n) is 13.9. The number of carbonyl (C=O) groups is 1. The normalized spacial score (nSPS) is 16.8. The maximum Gasteiger partial charge on any atom is 0.274 e. The number of hydrogen-bond donors (Lipinski definition) is 0. The van der Waals surface area contributed by atoms with Gasteiger partial charge in [-0.1, -0.05) is 35.9 Å². The van der Waals surface area contributed by atoms with Gasteiger partial charge >= 0.3 is 0 Å². The second-order valence-electron chi connectivity index (χ2n) is 11.7. The molecule has 1 fully saturated rings. The fraction of sp³-hybridized carbons (Fsp3) is 0.419. The van der Waals surface area contributed by atoms with Crippen molar-refractivity contribution in [3.63, 3.8) is 0 Å². The molecular weight excluding hydrogens is 540 g/mol. The molecule has 2 aromatic heterocycles. The third-order valence-electron chi connectivity index (χ3n) is 7.65. The lowest BCUT2D eigenvalue weighted by Gasteiger charge is -2.40. The van der Waals surface area contributed by atoms with Gasteiger partial charge in [-0.3, -0.25) is 19.0 Å². The second kappa shape index (κ2) is 11.3.